The highest BCUT2D eigenvalue weighted by Crippen LogP contribution is 2.17. The lowest BCUT2D eigenvalue weighted by atomic mass is 10.0. The van der Waals surface area contributed by atoms with Gasteiger partial charge >= 0.3 is 11.9 Å². The summed E-state index contributed by atoms with van der Waals surface area (Å²) in [6, 6.07) is 14.6. The summed E-state index contributed by atoms with van der Waals surface area (Å²) in [5, 5.41) is 21.6. The summed E-state index contributed by atoms with van der Waals surface area (Å²) < 4.78 is 10.3. The first-order chi connectivity index (χ1) is 13.7. The average molecular weight is 402 g/mol. The highest BCUT2D eigenvalue weighted by atomic mass is 16.6. The molecule has 0 unspecified atom stereocenters. The zero-order valence-electron chi connectivity index (χ0n) is 17.3. The molecule has 0 saturated carbocycles. The number of rotatable bonds is 10. The van der Waals surface area contributed by atoms with E-state index >= 15 is 0 Å². The van der Waals surface area contributed by atoms with E-state index in [0.29, 0.717) is 6.42 Å². The molecule has 6 heteroatoms. The van der Waals surface area contributed by atoms with Crippen LogP contribution in [0.3, 0.4) is 0 Å². The molecule has 2 aromatic rings. The van der Waals surface area contributed by atoms with Crippen molar-refractivity contribution in [3.63, 3.8) is 0 Å². The molecule has 0 bridgehead atoms. The number of esters is 1. The number of aliphatic hydroxyl groups is 1. The summed E-state index contributed by atoms with van der Waals surface area (Å²) in [6.07, 6.45) is -0.142. The van der Waals surface area contributed by atoms with Crippen LogP contribution in [-0.2, 0) is 25.5 Å². The maximum absolute atomic E-state index is 11.9. The van der Waals surface area contributed by atoms with E-state index in [4.69, 9.17) is 9.47 Å². The van der Waals surface area contributed by atoms with E-state index in [9.17, 15) is 19.8 Å². The van der Waals surface area contributed by atoms with E-state index in [-0.39, 0.29) is 6.61 Å². The zero-order valence-corrected chi connectivity index (χ0v) is 17.3. The van der Waals surface area contributed by atoms with Gasteiger partial charge in [0.25, 0.3) is 0 Å². The van der Waals surface area contributed by atoms with E-state index in [1.807, 2.05) is 12.1 Å². The molecule has 0 aliphatic carbocycles. The monoisotopic (exact) mass is 402 g/mol. The van der Waals surface area contributed by atoms with Gasteiger partial charge < -0.3 is 19.7 Å². The Morgan fingerprint density at radius 3 is 2.34 bits per heavy atom. The Hall–Kier alpha value is -2.44. The molecule has 29 heavy (non-hydrogen) atoms. The van der Waals surface area contributed by atoms with Crippen molar-refractivity contribution < 1.29 is 29.3 Å². The Labute approximate surface area is 171 Å². The van der Waals surface area contributed by atoms with Crippen molar-refractivity contribution in [2.75, 3.05) is 6.61 Å². The molecule has 0 spiro atoms. The molecule has 0 fully saturated rings. The Kier molecular flexibility index (Phi) is 8.17. The van der Waals surface area contributed by atoms with Crippen molar-refractivity contribution in [2.45, 2.75) is 64.3 Å². The Bertz CT molecular complexity index is 823. The van der Waals surface area contributed by atoms with E-state index in [0.717, 1.165) is 19.3 Å². The van der Waals surface area contributed by atoms with Crippen LogP contribution in [0.1, 0.15) is 45.6 Å². The molecule has 2 atom stereocenters. The van der Waals surface area contributed by atoms with Crippen LogP contribution in [-0.4, -0.2) is 46.6 Å². The Morgan fingerprint density at radius 2 is 1.69 bits per heavy atom. The van der Waals surface area contributed by atoms with Crippen molar-refractivity contribution in [1.29, 1.82) is 0 Å². The van der Waals surface area contributed by atoms with Crippen LogP contribution < -0.4 is 0 Å². The number of hydrogen-bond donors (Lipinski definition) is 2. The average Bonchev–Trinajstić information content (AvgIpc) is 2.65. The molecule has 158 valence electrons. The van der Waals surface area contributed by atoms with Crippen molar-refractivity contribution in [2.24, 2.45) is 0 Å². The molecule has 2 aromatic carbocycles. The van der Waals surface area contributed by atoms with Crippen LogP contribution in [0.5, 0.6) is 0 Å². The van der Waals surface area contributed by atoms with Crippen molar-refractivity contribution in [1.82, 2.24) is 0 Å². The maximum Gasteiger partial charge on any atom is 0.338 e. The van der Waals surface area contributed by atoms with Crippen LogP contribution in [0, 0.1) is 0 Å². The van der Waals surface area contributed by atoms with Crippen molar-refractivity contribution in [3.8, 4) is 0 Å². The summed E-state index contributed by atoms with van der Waals surface area (Å²) >= 11 is 0. The first-order valence-corrected chi connectivity index (χ1v) is 9.90. The number of carboxylic acids is 1. The number of ether oxygens (including phenoxy) is 2. The third-order valence-electron chi connectivity index (χ3n) is 4.40. The Morgan fingerprint density at radius 1 is 1.00 bits per heavy atom. The second-order valence-corrected chi connectivity index (χ2v) is 8.10. The Balaban J connectivity index is 1.74. The van der Waals surface area contributed by atoms with Gasteiger partial charge in [0.05, 0.1) is 0 Å². The largest absolute Gasteiger partial charge is 0.479 e. The normalized spacial score (nSPS) is 13.8. The molecular weight excluding hydrogens is 372 g/mol. The smallest absolute Gasteiger partial charge is 0.338 e. The predicted octanol–water partition coefficient (Wildman–Crippen LogP) is 3.73. The first-order valence-electron chi connectivity index (χ1n) is 9.90. The summed E-state index contributed by atoms with van der Waals surface area (Å²) in [7, 11) is 0. The quantitative estimate of drug-likeness (QED) is 0.465. The van der Waals surface area contributed by atoms with Crippen LogP contribution >= 0.6 is 0 Å². The van der Waals surface area contributed by atoms with Crippen LogP contribution in [0.15, 0.2) is 42.5 Å². The molecule has 0 aromatic heterocycles. The lowest BCUT2D eigenvalue weighted by molar-refractivity contribution is -0.182. The van der Waals surface area contributed by atoms with Crippen molar-refractivity contribution >= 4 is 22.7 Å². The van der Waals surface area contributed by atoms with Crippen LogP contribution in [0.4, 0.5) is 0 Å². The summed E-state index contributed by atoms with van der Waals surface area (Å²) in [5.41, 5.74) is 0.442. The first kappa shape index (κ1) is 22.8. The SMILES string of the molecule is CC(C)(C)OC(=O)[C@H](O)[C@@H](OCCCCCc1ccc2ccccc2c1)C(=O)O. The fourth-order valence-electron chi connectivity index (χ4n) is 3.00. The number of carbonyl (C=O) groups excluding carboxylic acids is 1. The minimum absolute atomic E-state index is 0.147. The number of aliphatic carboxylic acids is 1. The highest BCUT2D eigenvalue weighted by Gasteiger charge is 2.36. The molecule has 0 saturated heterocycles. The predicted molar refractivity (Wildman–Crippen MR) is 111 cm³/mol. The topological polar surface area (TPSA) is 93.1 Å². The fourth-order valence-corrected chi connectivity index (χ4v) is 3.00. The number of fused-ring (bicyclic) bond motifs is 1. The fraction of sp³-hybridized carbons (Fsp3) is 0.478. The second-order valence-electron chi connectivity index (χ2n) is 8.10. The number of unbranched alkanes of at least 4 members (excludes halogenated alkanes) is 2. The lowest BCUT2D eigenvalue weighted by Gasteiger charge is -2.24. The van der Waals surface area contributed by atoms with E-state index in [1.165, 1.54) is 16.3 Å². The minimum atomic E-state index is -1.86. The number of carbonyl (C=O) groups is 2. The number of aryl methyl sites for hydroxylation is 1. The number of aliphatic hydroxyl groups excluding tert-OH is 1. The second kappa shape index (κ2) is 10.4. The number of hydrogen-bond acceptors (Lipinski definition) is 5. The zero-order chi connectivity index (χ0) is 21.4. The van der Waals surface area contributed by atoms with Gasteiger partial charge in [-0.15, -0.1) is 0 Å². The maximum atomic E-state index is 11.9. The summed E-state index contributed by atoms with van der Waals surface area (Å²) in [6.45, 7) is 5.08. The minimum Gasteiger partial charge on any atom is -0.479 e. The van der Waals surface area contributed by atoms with Gasteiger partial charge in [-0.3, -0.25) is 0 Å². The van der Waals surface area contributed by atoms with Gasteiger partial charge in [-0.05, 0) is 56.4 Å². The van der Waals surface area contributed by atoms with Gasteiger partial charge in [0.1, 0.15) is 5.60 Å². The third-order valence-corrected chi connectivity index (χ3v) is 4.40. The summed E-state index contributed by atoms with van der Waals surface area (Å²) in [5.74, 6) is -2.39. The van der Waals surface area contributed by atoms with Crippen LogP contribution in [0.2, 0.25) is 0 Å². The molecule has 0 aliphatic rings. The number of carboxylic acid groups (broad SMARTS) is 1. The molecule has 0 aliphatic heterocycles. The van der Waals surface area contributed by atoms with Gasteiger partial charge in [0.2, 0.25) is 0 Å². The lowest BCUT2D eigenvalue weighted by Crippen LogP contribution is -2.44. The molecule has 0 radical (unpaired) electrons. The van der Waals surface area contributed by atoms with Gasteiger partial charge in [0, 0.05) is 6.61 Å². The van der Waals surface area contributed by atoms with E-state index < -0.39 is 29.7 Å². The molecule has 2 rings (SSSR count). The molecule has 6 nitrogen and oxygen atoms in total. The molecule has 0 amide bonds. The number of benzene rings is 2. The van der Waals surface area contributed by atoms with Crippen LogP contribution in [0.25, 0.3) is 10.8 Å². The van der Waals surface area contributed by atoms with Gasteiger partial charge in [-0.2, -0.15) is 0 Å². The van der Waals surface area contributed by atoms with Crippen molar-refractivity contribution in [3.05, 3.63) is 48.0 Å². The van der Waals surface area contributed by atoms with Gasteiger partial charge in [0.15, 0.2) is 12.2 Å². The molecule has 0 heterocycles. The van der Waals surface area contributed by atoms with E-state index in [1.54, 1.807) is 20.8 Å². The third kappa shape index (κ3) is 7.48. The van der Waals surface area contributed by atoms with E-state index in [2.05, 4.69) is 30.3 Å². The summed E-state index contributed by atoms with van der Waals surface area (Å²) in [4.78, 5) is 23.2. The van der Waals surface area contributed by atoms with Gasteiger partial charge in [-0.25, -0.2) is 9.59 Å². The standard InChI is InChI=1S/C23H30O6/c1-23(2,3)29-22(27)19(24)20(21(25)26)28-14-8-4-5-9-16-12-13-17-10-6-7-11-18(17)15-16/h6-7,10-13,15,19-20,24H,4-5,8-9,14H2,1-3H3,(H,25,26)/t19-,20-/m1/s1. The van der Waals surface area contributed by atoms with Gasteiger partial charge in [-0.1, -0.05) is 48.9 Å². The highest BCUT2D eigenvalue weighted by molar-refractivity contribution is 5.84. The molecular formula is C23H30O6. The molecule has 2 N–H and O–H groups in total.